The van der Waals surface area contributed by atoms with Crippen molar-refractivity contribution in [2.45, 2.75) is 25.9 Å². The number of hydrogen-bond donors (Lipinski definition) is 1. The third-order valence-electron chi connectivity index (χ3n) is 4.24. The molecule has 3 rings (SSSR count). The SMILES string of the molecule is CC(c1ccc(F)cc1)N1CCc2cccc(N)c2C1. The Bertz CT molecular complexity index is 607. The Balaban J connectivity index is 1.83. The van der Waals surface area contributed by atoms with Crippen LogP contribution in [0.15, 0.2) is 42.5 Å². The van der Waals surface area contributed by atoms with Crippen LogP contribution in [-0.2, 0) is 13.0 Å². The maximum absolute atomic E-state index is 13.0. The van der Waals surface area contributed by atoms with E-state index in [1.165, 1.54) is 23.3 Å². The average molecular weight is 270 g/mol. The molecule has 0 amide bonds. The minimum atomic E-state index is -0.186. The van der Waals surface area contributed by atoms with Crippen molar-refractivity contribution in [1.29, 1.82) is 0 Å². The first-order valence-electron chi connectivity index (χ1n) is 7.01. The van der Waals surface area contributed by atoms with E-state index in [-0.39, 0.29) is 11.9 Å². The number of hydrogen-bond acceptors (Lipinski definition) is 2. The van der Waals surface area contributed by atoms with Gasteiger partial charge in [0.2, 0.25) is 0 Å². The van der Waals surface area contributed by atoms with Crippen LogP contribution in [0.3, 0.4) is 0 Å². The summed E-state index contributed by atoms with van der Waals surface area (Å²) in [6, 6.07) is 13.2. The van der Waals surface area contributed by atoms with Crippen molar-refractivity contribution < 1.29 is 4.39 Å². The fourth-order valence-corrected chi connectivity index (χ4v) is 2.91. The molecule has 1 aliphatic heterocycles. The van der Waals surface area contributed by atoms with Crippen molar-refractivity contribution in [2.75, 3.05) is 12.3 Å². The Kier molecular flexibility index (Phi) is 3.45. The van der Waals surface area contributed by atoms with E-state index < -0.39 is 0 Å². The van der Waals surface area contributed by atoms with Gasteiger partial charge in [-0.25, -0.2) is 4.39 Å². The fourth-order valence-electron chi connectivity index (χ4n) is 2.91. The van der Waals surface area contributed by atoms with Crippen molar-refractivity contribution in [3.63, 3.8) is 0 Å². The lowest BCUT2D eigenvalue weighted by molar-refractivity contribution is 0.192. The standard InChI is InChI=1S/C17H19FN2/c1-12(13-5-7-15(18)8-6-13)20-10-9-14-3-2-4-17(19)16(14)11-20/h2-8,12H,9-11,19H2,1H3. The van der Waals surface area contributed by atoms with E-state index in [4.69, 9.17) is 5.73 Å². The molecule has 2 nitrogen and oxygen atoms in total. The molecule has 1 unspecified atom stereocenters. The summed E-state index contributed by atoms with van der Waals surface area (Å²) < 4.78 is 13.0. The van der Waals surface area contributed by atoms with Gasteiger partial charge in [0.05, 0.1) is 0 Å². The van der Waals surface area contributed by atoms with Crippen LogP contribution in [0.2, 0.25) is 0 Å². The highest BCUT2D eigenvalue weighted by atomic mass is 19.1. The van der Waals surface area contributed by atoms with E-state index in [1.807, 2.05) is 24.3 Å². The lowest BCUT2D eigenvalue weighted by atomic mass is 9.95. The first-order valence-corrected chi connectivity index (χ1v) is 7.01. The normalized spacial score (nSPS) is 16.7. The summed E-state index contributed by atoms with van der Waals surface area (Å²) in [6.07, 6.45) is 1.02. The molecule has 1 atom stereocenters. The van der Waals surface area contributed by atoms with E-state index in [2.05, 4.69) is 17.9 Å². The number of fused-ring (bicyclic) bond motifs is 1. The van der Waals surface area contributed by atoms with Crippen LogP contribution in [0.4, 0.5) is 10.1 Å². The molecule has 1 heterocycles. The highest BCUT2D eigenvalue weighted by Gasteiger charge is 2.22. The number of nitrogens with zero attached hydrogens (tertiary/aromatic N) is 1. The molecule has 20 heavy (non-hydrogen) atoms. The van der Waals surface area contributed by atoms with Crippen LogP contribution in [-0.4, -0.2) is 11.4 Å². The summed E-state index contributed by atoms with van der Waals surface area (Å²) in [5, 5.41) is 0. The molecule has 3 heteroatoms. The first kappa shape index (κ1) is 13.1. The van der Waals surface area contributed by atoms with E-state index in [9.17, 15) is 4.39 Å². The number of halogens is 1. The van der Waals surface area contributed by atoms with Crippen molar-refractivity contribution in [2.24, 2.45) is 0 Å². The number of nitrogen functional groups attached to an aromatic ring is 1. The van der Waals surface area contributed by atoms with Crippen LogP contribution in [0.25, 0.3) is 0 Å². The van der Waals surface area contributed by atoms with E-state index >= 15 is 0 Å². The number of anilines is 1. The summed E-state index contributed by atoms with van der Waals surface area (Å²) in [7, 11) is 0. The van der Waals surface area contributed by atoms with Crippen LogP contribution >= 0.6 is 0 Å². The fraction of sp³-hybridized carbons (Fsp3) is 0.294. The molecule has 0 saturated carbocycles. The van der Waals surface area contributed by atoms with Crippen LogP contribution in [0, 0.1) is 5.82 Å². The van der Waals surface area contributed by atoms with Gasteiger partial charge in [-0.2, -0.15) is 0 Å². The molecular weight excluding hydrogens is 251 g/mol. The second-order valence-corrected chi connectivity index (χ2v) is 5.43. The number of benzene rings is 2. The van der Waals surface area contributed by atoms with Gasteiger partial charge in [0.1, 0.15) is 5.82 Å². The van der Waals surface area contributed by atoms with E-state index in [0.717, 1.165) is 30.8 Å². The molecule has 2 N–H and O–H groups in total. The monoisotopic (exact) mass is 270 g/mol. The Hall–Kier alpha value is -1.87. The Morgan fingerprint density at radius 3 is 2.65 bits per heavy atom. The molecule has 0 saturated heterocycles. The molecular formula is C17H19FN2. The molecule has 104 valence electrons. The van der Waals surface area contributed by atoms with Gasteiger partial charge in [-0.3, -0.25) is 4.90 Å². The Morgan fingerprint density at radius 1 is 1.15 bits per heavy atom. The molecule has 0 radical (unpaired) electrons. The summed E-state index contributed by atoms with van der Waals surface area (Å²) in [5.74, 6) is -0.186. The van der Waals surface area contributed by atoms with Crippen LogP contribution in [0.1, 0.15) is 29.7 Å². The molecule has 0 aromatic heterocycles. The summed E-state index contributed by atoms with van der Waals surface area (Å²) in [6.45, 7) is 4.03. The second-order valence-electron chi connectivity index (χ2n) is 5.43. The molecule has 2 aromatic rings. The van der Waals surface area contributed by atoms with E-state index in [1.54, 1.807) is 0 Å². The van der Waals surface area contributed by atoms with Gasteiger partial charge in [-0.1, -0.05) is 24.3 Å². The topological polar surface area (TPSA) is 29.3 Å². The van der Waals surface area contributed by atoms with Gasteiger partial charge >= 0.3 is 0 Å². The molecule has 0 aliphatic carbocycles. The van der Waals surface area contributed by atoms with Crippen LogP contribution < -0.4 is 5.73 Å². The largest absolute Gasteiger partial charge is 0.398 e. The van der Waals surface area contributed by atoms with Crippen molar-refractivity contribution in [1.82, 2.24) is 4.90 Å². The highest BCUT2D eigenvalue weighted by molar-refractivity contribution is 5.51. The predicted octanol–water partition coefficient (Wildman–Crippen LogP) is 3.53. The molecule has 1 aliphatic rings. The number of nitrogens with two attached hydrogens (primary N) is 1. The van der Waals surface area contributed by atoms with Gasteiger partial charge in [0.25, 0.3) is 0 Å². The summed E-state index contributed by atoms with van der Waals surface area (Å²) in [4.78, 5) is 2.39. The third kappa shape index (κ3) is 2.41. The zero-order valence-electron chi connectivity index (χ0n) is 11.6. The first-order chi connectivity index (χ1) is 9.65. The second kappa shape index (κ2) is 5.25. The third-order valence-corrected chi connectivity index (χ3v) is 4.24. The van der Waals surface area contributed by atoms with Gasteiger partial charge in [-0.15, -0.1) is 0 Å². The van der Waals surface area contributed by atoms with Gasteiger partial charge in [0, 0.05) is 24.8 Å². The lowest BCUT2D eigenvalue weighted by Gasteiger charge is -2.34. The van der Waals surface area contributed by atoms with Gasteiger partial charge in [0.15, 0.2) is 0 Å². The zero-order valence-corrected chi connectivity index (χ0v) is 11.6. The minimum absolute atomic E-state index is 0.186. The zero-order chi connectivity index (χ0) is 14.1. The van der Waals surface area contributed by atoms with Crippen molar-refractivity contribution in [3.05, 3.63) is 65.0 Å². The highest BCUT2D eigenvalue weighted by Crippen LogP contribution is 2.30. The van der Waals surface area contributed by atoms with E-state index in [0.29, 0.717) is 0 Å². The van der Waals surface area contributed by atoms with Crippen molar-refractivity contribution in [3.8, 4) is 0 Å². The maximum Gasteiger partial charge on any atom is 0.123 e. The smallest absolute Gasteiger partial charge is 0.123 e. The minimum Gasteiger partial charge on any atom is -0.398 e. The lowest BCUT2D eigenvalue weighted by Crippen LogP contribution is -2.33. The quantitative estimate of drug-likeness (QED) is 0.846. The van der Waals surface area contributed by atoms with Crippen molar-refractivity contribution >= 4 is 5.69 Å². The number of rotatable bonds is 2. The predicted molar refractivity (Wildman–Crippen MR) is 79.8 cm³/mol. The molecule has 2 aromatic carbocycles. The summed E-state index contributed by atoms with van der Waals surface area (Å²) >= 11 is 0. The summed E-state index contributed by atoms with van der Waals surface area (Å²) in [5.41, 5.74) is 10.7. The van der Waals surface area contributed by atoms with Gasteiger partial charge in [-0.05, 0) is 48.2 Å². The average Bonchev–Trinajstić information content (AvgIpc) is 2.47. The maximum atomic E-state index is 13.0. The molecule has 0 fully saturated rings. The molecule has 0 spiro atoms. The van der Waals surface area contributed by atoms with Crippen LogP contribution in [0.5, 0.6) is 0 Å². The molecule has 0 bridgehead atoms. The Morgan fingerprint density at radius 2 is 1.90 bits per heavy atom. The Labute approximate surface area is 119 Å². The van der Waals surface area contributed by atoms with Gasteiger partial charge < -0.3 is 5.73 Å².